The molecule has 0 saturated carbocycles. The van der Waals surface area contributed by atoms with E-state index < -0.39 is 15.7 Å². The van der Waals surface area contributed by atoms with E-state index in [1.165, 1.54) is 6.07 Å². The first-order chi connectivity index (χ1) is 8.48. The van der Waals surface area contributed by atoms with Gasteiger partial charge in [0.2, 0.25) is 0 Å². The first kappa shape index (κ1) is 13.5. The third-order valence-corrected chi connectivity index (χ3v) is 4.53. The van der Waals surface area contributed by atoms with E-state index in [1.54, 1.807) is 12.1 Å². The maximum atomic E-state index is 13.7. The molecule has 0 spiro atoms. The summed E-state index contributed by atoms with van der Waals surface area (Å²) in [5, 5.41) is 3.28. The van der Waals surface area contributed by atoms with Crippen LogP contribution < -0.4 is 5.32 Å². The summed E-state index contributed by atoms with van der Waals surface area (Å²) in [7, 11) is -3.51. The van der Waals surface area contributed by atoms with Gasteiger partial charge in [0.15, 0.2) is 9.84 Å². The minimum atomic E-state index is -3.51. The smallest absolute Gasteiger partial charge is 0.178 e. The second kappa shape index (κ2) is 5.36. The quantitative estimate of drug-likeness (QED) is 0.911. The number of benzene rings is 1. The van der Waals surface area contributed by atoms with Gasteiger partial charge < -0.3 is 5.32 Å². The standard InChI is InChI=1S/C13H18FNO2S/c1-18(16,17)13-11(5-2-6-12(13)14)8-10-4-3-7-15-9-10/h2,5-6,10,15H,3-4,7-9H2,1H3. The Morgan fingerprint density at radius 1 is 1.44 bits per heavy atom. The van der Waals surface area contributed by atoms with Gasteiger partial charge in [0.1, 0.15) is 10.7 Å². The Morgan fingerprint density at radius 3 is 2.83 bits per heavy atom. The maximum Gasteiger partial charge on any atom is 0.178 e. The first-order valence-corrected chi connectivity index (χ1v) is 8.06. The largest absolute Gasteiger partial charge is 0.316 e. The summed E-state index contributed by atoms with van der Waals surface area (Å²) in [6.07, 6.45) is 3.84. The molecule has 18 heavy (non-hydrogen) atoms. The van der Waals surface area contributed by atoms with E-state index in [4.69, 9.17) is 0 Å². The Balaban J connectivity index is 2.30. The zero-order valence-corrected chi connectivity index (χ0v) is 11.3. The van der Waals surface area contributed by atoms with Crippen molar-refractivity contribution in [3.05, 3.63) is 29.6 Å². The number of piperidine rings is 1. The fourth-order valence-corrected chi connectivity index (χ4v) is 3.59. The molecule has 0 aliphatic carbocycles. The third-order valence-electron chi connectivity index (χ3n) is 3.33. The van der Waals surface area contributed by atoms with Crippen molar-refractivity contribution in [1.29, 1.82) is 0 Å². The van der Waals surface area contributed by atoms with Crippen LogP contribution in [0, 0.1) is 11.7 Å². The second-order valence-electron chi connectivity index (χ2n) is 4.92. The lowest BCUT2D eigenvalue weighted by Crippen LogP contribution is -2.31. The summed E-state index contributed by atoms with van der Waals surface area (Å²) < 4.78 is 37.0. The first-order valence-electron chi connectivity index (χ1n) is 6.16. The van der Waals surface area contributed by atoms with Gasteiger partial charge in [-0.3, -0.25) is 0 Å². The number of hydrogen-bond acceptors (Lipinski definition) is 3. The van der Waals surface area contributed by atoms with Crippen molar-refractivity contribution < 1.29 is 12.8 Å². The number of halogens is 1. The van der Waals surface area contributed by atoms with E-state index in [-0.39, 0.29) is 4.90 Å². The van der Waals surface area contributed by atoms with Crippen molar-refractivity contribution in [1.82, 2.24) is 5.32 Å². The van der Waals surface area contributed by atoms with E-state index in [9.17, 15) is 12.8 Å². The Morgan fingerprint density at radius 2 is 2.22 bits per heavy atom. The van der Waals surface area contributed by atoms with E-state index in [2.05, 4.69) is 5.32 Å². The summed E-state index contributed by atoms with van der Waals surface area (Å²) >= 11 is 0. The molecular formula is C13H18FNO2S. The van der Waals surface area contributed by atoms with Crippen LogP contribution in [0.2, 0.25) is 0 Å². The van der Waals surface area contributed by atoms with Crippen molar-refractivity contribution in [2.24, 2.45) is 5.92 Å². The van der Waals surface area contributed by atoms with Crippen LogP contribution in [0.25, 0.3) is 0 Å². The topological polar surface area (TPSA) is 46.2 Å². The lowest BCUT2D eigenvalue weighted by molar-refractivity contribution is 0.373. The van der Waals surface area contributed by atoms with Gasteiger partial charge in [-0.25, -0.2) is 12.8 Å². The molecular weight excluding hydrogens is 253 g/mol. The molecule has 100 valence electrons. The molecule has 1 unspecified atom stereocenters. The number of hydrogen-bond donors (Lipinski definition) is 1. The molecule has 0 aromatic heterocycles. The van der Waals surface area contributed by atoms with Crippen LogP contribution in [0.3, 0.4) is 0 Å². The minimum Gasteiger partial charge on any atom is -0.316 e. The Hall–Kier alpha value is -0.940. The third kappa shape index (κ3) is 3.09. The van der Waals surface area contributed by atoms with Gasteiger partial charge in [-0.1, -0.05) is 12.1 Å². The molecule has 0 bridgehead atoms. The second-order valence-corrected chi connectivity index (χ2v) is 6.87. The van der Waals surface area contributed by atoms with Gasteiger partial charge in [-0.05, 0) is 49.9 Å². The SMILES string of the molecule is CS(=O)(=O)c1c(F)cccc1CC1CCCNC1. The highest BCUT2D eigenvalue weighted by molar-refractivity contribution is 7.90. The number of nitrogens with one attached hydrogen (secondary N) is 1. The molecule has 1 aromatic carbocycles. The van der Waals surface area contributed by atoms with Crippen LogP contribution in [-0.4, -0.2) is 27.8 Å². The van der Waals surface area contributed by atoms with E-state index in [0.717, 1.165) is 32.2 Å². The molecule has 1 heterocycles. The number of rotatable bonds is 3. The van der Waals surface area contributed by atoms with Crippen molar-refractivity contribution in [2.75, 3.05) is 19.3 Å². The van der Waals surface area contributed by atoms with Crippen LogP contribution in [0.15, 0.2) is 23.1 Å². The summed E-state index contributed by atoms with van der Waals surface area (Å²) in [5.41, 5.74) is 0.603. The zero-order valence-electron chi connectivity index (χ0n) is 10.4. The summed E-state index contributed by atoms with van der Waals surface area (Å²) in [4.78, 5) is -0.129. The summed E-state index contributed by atoms with van der Waals surface area (Å²) in [5.74, 6) is -0.250. The molecule has 1 aliphatic rings. The maximum absolute atomic E-state index is 13.7. The monoisotopic (exact) mass is 271 g/mol. The molecule has 0 amide bonds. The van der Waals surface area contributed by atoms with Crippen molar-refractivity contribution in [3.63, 3.8) is 0 Å². The van der Waals surface area contributed by atoms with Gasteiger partial charge >= 0.3 is 0 Å². The average molecular weight is 271 g/mol. The average Bonchev–Trinajstić information content (AvgIpc) is 2.28. The molecule has 1 aliphatic heterocycles. The van der Waals surface area contributed by atoms with Crippen LogP contribution in [0.4, 0.5) is 4.39 Å². The van der Waals surface area contributed by atoms with E-state index >= 15 is 0 Å². The predicted molar refractivity (Wildman–Crippen MR) is 68.8 cm³/mol. The van der Waals surface area contributed by atoms with E-state index in [1.807, 2.05) is 0 Å². The van der Waals surface area contributed by atoms with Gasteiger partial charge in [0.25, 0.3) is 0 Å². The molecule has 5 heteroatoms. The van der Waals surface area contributed by atoms with Gasteiger partial charge in [0, 0.05) is 6.26 Å². The lowest BCUT2D eigenvalue weighted by Gasteiger charge is -2.23. The molecule has 1 saturated heterocycles. The molecule has 0 radical (unpaired) electrons. The van der Waals surface area contributed by atoms with Crippen molar-refractivity contribution >= 4 is 9.84 Å². The van der Waals surface area contributed by atoms with Gasteiger partial charge in [0.05, 0.1) is 0 Å². The minimum absolute atomic E-state index is 0.129. The fraction of sp³-hybridized carbons (Fsp3) is 0.538. The zero-order chi connectivity index (χ0) is 13.2. The molecule has 1 N–H and O–H groups in total. The number of sulfone groups is 1. The molecule has 2 rings (SSSR count). The predicted octanol–water partition coefficient (Wildman–Crippen LogP) is 1.77. The Bertz CT molecular complexity index is 522. The van der Waals surface area contributed by atoms with Gasteiger partial charge in [-0.2, -0.15) is 0 Å². The van der Waals surface area contributed by atoms with Crippen LogP contribution in [0.5, 0.6) is 0 Å². The highest BCUT2D eigenvalue weighted by atomic mass is 32.2. The van der Waals surface area contributed by atoms with E-state index in [0.29, 0.717) is 17.9 Å². The van der Waals surface area contributed by atoms with Gasteiger partial charge in [-0.15, -0.1) is 0 Å². The molecule has 1 fully saturated rings. The molecule has 3 nitrogen and oxygen atoms in total. The highest BCUT2D eigenvalue weighted by Gasteiger charge is 2.21. The van der Waals surface area contributed by atoms with Crippen LogP contribution >= 0.6 is 0 Å². The van der Waals surface area contributed by atoms with Crippen molar-refractivity contribution in [2.45, 2.75) is 24.2 Å². The molecule has 1 aromatic rings. The molecule has 1 atom stereocenters. The van der Waals surface area contributed by atoms with Crippen molar-refractivity contribution in [3.8, 4) is 0 Å². The Labute approximate surface area is 107 Å². The summed E-state index contributed by atoms with van der Waals surface area (Å²) in [6.45, 7) is 1.89. The lowest BCUT2D eigenvalue weighted by atomic mass is 9.92. The fourth-order valence-electron chi connectivity index (χ4n) is 2.54. The normalized spacial score (nSPS) is 20.9. The highest BCUT2D eigenvalue weighted by Crippen LogP contribution is 2.24. The summed E-state index contributed by atoms with van der Waals surface area (Å²) in [6, 6.07) is 4.50. The van der Waals surface area contributed by atoms with Crippen LogP contribution in [0.1, 0.15) is 18.4 Å². The van der Waals surface area contributed by atoms with Crippen LogP contribution in [-0.2, 0) is 16.3 Å². The Kier molecular flexibility index (Phi) is 4.02.